The van der Waals surface area contributed by atoms with Gasteiger partial charge in [0.15, 0.2) is 5.82 Å². The van der Waals surface area contributed by atoms with Crippen LogP contribution in [0.25, 0.3) is 0 Å². The molecule has 2 aromatic rings. The van der Waals surface area contributed by atoms with Crippen LogP contribution in [-0.4, -0.2) is 4.98 Å². The predicted molar refractivity (Wildman–Crippen MR) is 63.4 cm³/mol. The van der Waals surface area contributed by atoms with Crippen molar-refractivity contribution in [3.63, 3.8) is 0 Å². The SMILES string of the molecule is Fc1cnc(Oc2cc(Br)ccc2Cl)c(F)c1. The summed E-state index contributed by atoms with van der Waals surface area (Å²) in [6, 6.07) is 5.55. The number of pyridine rings is 1. The third-order valence-corrected chi connectivity index (χ3v) is 2.68. The van der Waals surface area contributed by atoms with E-state index >= 15 is 0 Å². The number of rotatable bonds is 2. The van der Waals surface area contributed by atoms with Crippen LogP contribution in [0.4, 0.5) is 8.78 Å². The third kappa shape index (κ3) is 2.92. The minimum Gasteiger partial charge on any atom is -0.435 e. The lowest BCUT2D eigenvalue weighted by Crippen LogP contribution is -1.93. The van der Waals surface area contributed by atoms with Crippen molar-refractivity contribution in [2.75, 3.05) is 0 Å². The van der Waals surface area contributed by atoms with Crippen molar-refractivity contribution >= 4 is 27.5 Å². The van der Waals surface area contributed by atoms with E-state index in [0.29, 0.717) is 11.1 Å². The first-order valence-electron chi connectivity index (χ1n) is 4.50. The fourth-order valence-corrected chi connectivity index (χ4v) is 1.63. The van der Waals surface area contributed by atoms with Gasteiger partial charge in [-0.25, -0.2) is 13.8 Å². The summed E-state index contributed by atoms with van der Waals surface area (Å²) in [7, 11) is 0. The van der Waals surface area contributed by atoms with Crippen LogP contribution in [0, 0.1) is 11.6 Å². The largest absolute Gasteiger partial charge is 0.435 e. The highest BCUT2D eigenvalue weighted by atomic mass is 79.9. The van der Waals surface area contributed by atoms with E-state index in [1.54, 1.807) is 18.2 Å². The van der Waals surface area contributed by atoms with Gasteiger partial charge < -0.3 is 4.74 Å². The van der Waals surface area contributed by atoms with Gasteiger partial charge in [-0.2, -0.15) is 0 Å². The topological polar surface area (TPSA) is 22.1 Å². The lowest BCUT2D eigenvalue weighted by atomic mass is 10.3. The molecular weight excluding hydrogens is 315 g/mol. The Balaban J connectivity index is 2.34. The van der Waals surface area contributed by atoms with E-state index in [0.717, 1.165) is 10.7 Å². The van der Waals surface area contributed by atoms with Crippen LogP contribution < -0.4 is 4.74 Å². The van der Waals surface area contributed by atoms with Crippen molar-refractivity contribution in [1.29, 1.82) is 0 Å². The molecule has 88 valence electrons. The molecule has 1 aromatic carbocycles. The summed E-state index contributed by atoms with van der Waals surface area (Å²) in [5.41, 5.74) is 0. The lowest BCUT2D eigenvalue weighted by molar-refractivity contribution is 0.416. The number of halogens is 4. The Morgan fingerprint density at radius 2 is 2.00 bits per heavy atom. The first-order chi connectivity index (χ1) is 8.06. The molecule has 6 heteroatoms. The van der Waals surface area contributed by atoms with E-state index in [9.17, 15) is 8.78 Å². The van der Waals surface area contributed by atoms with E-state index < -0.39 is 11.6 Å². The molecule has 2 nitrogen and oxygen atoms in total. The molecule has 0 spiro atoms. The molecular formula is C11H5BrClF2NO. The maximum absolute atomic E-state index is 13.3. The Kier molecular flexibility index (Phi) is 3.59. The molecule has 17 heavy (non-hydrogen) atoms. The standard InChI is InChI=1S/C11H5BrClF2NO/c12-6-1-2-8(13)10(3-6)17-11-9(15)4-7(14)5-16-11/h1-5H. The zero-order valence-electron chi connectivity index (χ0n) is 8.25. The summed E-state index contributed by atoms with van der Waals surface area (Å²) in [5, 5.41) is 0.304. The fraction of sp³-hybridized carbons (Fsp3) is 0. The van der Waals surface area contributed by atoms with Gasteiger partial charge >= 0.3 is 0 Å². The van der Waals surface area contributed by atoms with Gasteiger partial charge in [0, 0.05) is 10.5 Å². The van der Waals surface area contributed by atoms with Crippen LogP contribution in [0.1, 0.15) is 0 Å². The normalized spacial score (nSPS) is 10.4. The Bertz CT molecular complexity index is 565. The summed E-state index contributed by atoms with van der Waals surface area (Å²) in [4.78, 5) is 3.50. The average molecular weight is 321 g/mol. The second-order valence-electron chi connectivity index (χ2n) is 3.12. The summed E-state index contributed by atoms with van der Waals surface area (Å²) >= 11 is 9.09. The predicted octanol–water partition coefficient (Wildman–Crippen LogP) is 4.57. The minimum atomic E-state index is -0.888. The molecule has 0 amide bonds. The molecule has 1 aromatic heterocycles. The molecule has 0 aliphatic carbocycles. The molecule has 0 bridgehead atoms. The van der Waals surface area contributed by atoms with Crippen LogP contribution in [-0.2, 0) is 0 Å². The minimum absolute atomic E-state index is 0.235. The highest BCUT2D eigenvalue weighted by Gasteiger charge is 2.10. The molecule has 2 rings (SSSR count). The number of hydrogen-bond acceptors (Lipinski definition) is 2. The van der Waals surface area contributed by atoms with Crippen molar-refractivity contribution in [2.24, 2.45) is 0 Å². The molecule has 0 saturated carbocycles. The molecule has 0 radical (unpaired) electrons. The van der Waals surface area contributed by atoms with E-state index in [-0.39, 0.29) is 11.6 Å². The summed E-state index contributed by atoms with van der Waals surface area (Å²) in [5.74, 6) is -1.75. The number of nitrogens with zero attached hydrogens (tertiary/aromatic N) is 1. The highest BCUT2D eigenvalue weighted by molar-refractivity contribution is 9.10. The van der Waals surface area contributed by atoms with Gasteiger partial charge in [0.2, 0.25) is 0 Å². The van der Waals surface area contributed by atoms with Gasteiger partial charge in [-0.15, -0.1) is 0 Å². The Morgan fingerprint density at radius 3 is 2.71 bits per heavy atom. The fourth-order valence-electron chi connectivity index (χ4n) is 1.14. The maximum Gasteiger partial charge on any atom is 0.256 e. The number of benzene rings is 1. The molecule has 0 unspecified atom stereocenters. The van der Waals surface area contributed by atoms with E-state index in [1.165, 1.54) is 0 Å². The first-order valence-corrected chi connectivity index (χ1v) is 5.67. The van der Waals surface area contributed by atoms with Crippen molar-refractivity contribution in [1.82, 2.24) is 4.98 Å². The second kappa shape index (κ2) is 4.98. The smallest absolute Gasteiger partial charge is 0.256 e. The summed E-state index contributed by atoms with van der Waals surface area (Å²) < 4.78 is 31.8. The summed E-state index contributed by atoms with van der Waals surface area (Å²) in [6.45, 7) is 0. The second-order valence-corrected chi connectivity index (χ2v) is 4.44. The monoisotopic (exact) mass is 319 g/mol. The molecule has 0 atom stereocenters. The van der Waals surface area contributed by atoms with Crippen LogP contribution in [0.3, 0.4) is 0 Å². The Hall–Kier alpha value is -1.20. The number of ether oxygens (including phenoxy) is 1. The number of hydrogen-bond donors (Lipinski definition) is 0. The summed E-state index contributed by atoms with van der Waals surface area (Å²) in [6.07, 6.45) is 0.865. The van der Waals surface area contributed by atoms with E-state index in [4.69, 9.17) is 16.3 Å². The van der Waals surface area contributed by atoms with Crippen molar-refractivity contribution in [3.05, 3.63) is 51.6 Å². The van der Waals surface area contributed by atoms with E-state index in [1.807, 2.05) is 0 Å². The zero-order chi connectivity index (χ0) is 12.4. The third-order valence-electron chi connectivity index (χ3n) is 1.87. The van der Waals surface area contributed by atoms with Gasteiger partial charge in [-0.3, -0.25) is 0 Å². The van der Waals surface area contributed by atoms with Crippen LogP contribution in [0.5, 0.6) is 11.6 Å². The van der Waals surface area contributed by atoms with Crippen molar-refractivity contribution < 1.29 is 13.5 Å². The first kappa shape index (κ1) is 12.3. The lowest BCUT2D eigenvalue weighted by Gasteiger charge is -2.07. The molecule has 0 saturated heterocycles. The quantitative estimate of drug-likeness (QED) is 0.809. The van der Waals surface area contributed by atoms with Crippen molar-refractivity contribution in [2.45, 2.75) is 0 Å². The average Bonchev–Trinajstić information content (AvgIpc) is 2.27. The van der Waals surface area contributed by atoms with E-state index in [2.05, 4.69) is 20.9 Å². The molecule has 1 heterocycles. The number of aromatic nitrogens is 1. The highest BCUT2D eigenvalue weighted by Crippen LogP contribution is 2.32. The van der Waals surface area contributed by atoms with Crippen molar-refractivity contribution in [3.8, 4) is 11.6 Å². The van der Waals surface area contributed by atoms with Gasteiger partial charge in [-0.1, -0.05) is 27.5 Å². The molecule has 0 aliphatic rings. The van der Waals surface area contributed by atoms with Gasteiger partial charge in [0.25, 0.3) is 5.88 Å². The molecule has 0 fully saturated rings. The Morgan fingerprint density at radius 1 is 1.24 bits per heavy atom. The van der Waals surface area contributed by atoms with Crippen LogP contribution >= 0.6 is 27.5 Å². The zero-order valence-corrected chi connectivity index (χ0v) is 10.6. The van der Waals surface area contributed by atoms with Gasteiger partial charge in [0.05, 0.1) is 11.2 Å². The van der Waals surface area contributed by atoms with Crippen LogP contribution in [0.15, 0.2) is 34.9 Å². The molecule has 0 aliphatic heterocycles. The van der Waals surface area contributed by atoms with Gasteiger partial charge in [-0.05, 0) is 18.2 Å². The van der Waals surface area contributed by atoms with Gasteiger partial charge in [0.1, 0.15) is 11.6 Å². The molecule has 0 N–H and O–H groups in total. The Labute approximate surface area is 109 Å². The van der Waals surface area contributed by atoms with Crippen LogP contribution in [0.2, 0.25) is 5.02 Å². The maximum atomic E-state index is 13.3.